The highest BCUT2D eigenvalue weighted by Gasteiger charge is 2.24. The van der Waals surface area contributed by atoms with Crippen molar-refractivity contribution in [2.24, 2.45) is 0 Å². The van der Waals surface area contributed by atoms with Gasteiger partial charge in [-0.05, 0) is 50.5 Å². The van der Waals surface area contributed by atoms with Gasteiger partial charge in [-0.3, -0.25) is 9.48 Å². The zero-order valence-electron chi connectivity index (χ0n) is 14.3. The fourth-order valence-electron chi connectivity index (χ4n) is 3.35. The first-order valence-electron chi connectivity index (χ1n) is 8.62. The van der Waals surface area contributed by atoms with Crippen LogP contribution in [-0.4, -0.2) is 32.9 Å². The highest BCUT2D eigenvalue weighted by molar-refractivity contribution is 5.94. The van der Waals surface area contributed by atoms with Crippen LogP contribution in [0.1, 0.15) is 53.0 Å². The van der Waals surface area contributed by atoms with Gasteiger partial charge in [-0.2, -0.15) is 5.10 Å². The molecule has 0 spiro atoms. The summed E-state index contributed by atoms with van der Waals surface area (Å²) in [5.74, 6) is -0.115. The summed E-state index contributed by atoms with van der Waals surface area (Å²) in [5, 5.41) is 17.5. The van der Waals surface area contributed by atoms with Crippen molar-refractivity contribution in [1.82, 2.24) is 15.1 Å². The van der Waals surface area contributed by atoms with Crippen LogP contribution in [0.5, 0.6) is 0 Å². The van der Waals surface area contributed by atoms with Crippen LogP contribution in [0.15, 0.2) is 30.3 Å². The van der Waals surface area contributed by atoms with Gasteiger partial charge in [0.1, 0.15) is 0 Å². The Kier molecular flexibility index (Phi) is 5.00. The Bertz CT molecular complexity index is 723. The summed E-state index contributed by atoms with van der Waals surface area (Å²) in [6.45, 7) is 4.65. The van der Waals surface area contributed by atoms with E-state index in [1.807, 2.05) is 48.9 Å². The highest BCUT2D eigenvalue weighted by Crippen LogP contribution is 2.19. The number of amides is 1. The summed E-state index contributed by atoms with van der Waals surface area (Å²) in [5.41, 5.74) is 3.77. The molecule has 1 saturated carbocycles. The number of carbonyl (C=O) groups is 1. The summed E-state index contributed by atoms with van der Waals surface area (Å²) in [6.07, 6.45) is 3.27. The van der Waals surface area contributed by atoms with Gasteiger partial charge in [0.15, 0.2) is 0 Å². The molecule has 3 rings (SSSR count). The standard InChI is InChI=1S/C19H25N3O2/c1-13-10-14(2)22(21-13)12-15-6-5-7-16(11-15)19(24)20-17-8-3-4-9-18(17)23/h5-7,10-11,17-18,23H,3-4,8-9,12H2,1-2H3,(H,20,24). The molecule has 1 heterocycles. The van der Waals surface area contributed by atoms with Gasteiger partial charge >= 0.3 is 0 Å². The topological polar surface area (TPSA) is 67.2 Å². The van der Waals surface area contributed by atoms with Crippen LogP contribution in [-0.2, 0) is 6.54 Å². The molecule has 2 aromatic rings. The predicted octanol–water partition coefficient (Wildman–Crippen LogP) is 2.58. The van der Waals surface area contributed by atoms with Gasteiger partial charge in [0.05, 0.1) is 24.4 Å². The number of aryl methyl sites for hydroxylation is 2. The second kappa shape index (κ2) is 7.18. The monoisotopic (exact) mass is 327 g/mol. The third-order valence-corrected chi connectivity index (χ3v) is 4.67. The summed E-state index contributed by atoms with van der Waals surface area (Å²) >= 11 is 0. The maximum atomic E-state index is 12.5. The number of hydrogen-bond acceptors (Lipinski definition) is 3. The number of aliphatic hydroxyl groups is 1. The number of benzene rings is 1. The molecule has 1 aromatic carbocycles. The van der Waals surface area contributed by atoms with Gasteiger partial charge in [0, 0.05) is 11.3 Å². The van der Waals surface area contributed by atoms with Gasteiger partial charge in [-0.15, -0.1) is 0 Å². The first-order valence-corrected chi connectivity index (χ1v) is 8.62. The summed E-state index contributed by atoms with van der Waals surface area (Å²) < 4.78 is 1.94. The molecule has 1 aromatic heterocycles. The molecule has 2 N–H and O–H groups in total. The Hall–Kier alpha value is -2.14. The van der Waals surface area contributed by atoms with Crippen molar-refractivity contribution in [2.45, 2.75) is 58.2 Å². The lowest BCUT2D eigenvalue weighted by Gasteiger charge is -2.28. The molecule has 24 heavy (non-hydrogen) atoms. The van der Waals surface area contributed by atoms with Crippen molar-refractivity contribution in [1.29, 1.82) is 0 Å². The molecule has 5 heteroatoms. The van der Waals surface area contributed by atoms with E-state index in [4.69, 9.17) is 0 Å². The van der Waals surface area contributed by atoms with Crippen LogP contribution in [0, 0.1) is 13.8 Å². The Morgan fingerprint density at radius 1 is 1.29 bits per heavy atom. The molecule has 1 aliphatic carbocycles. The molecule has 0 aliphatic heterocycles. The van der Waals surface area contributed by atoms with E-state index < -0.39 is 6.10 Å². The number of nitrogens with zero attached hydrogens (tertiary/aromatic N) is 2. The van der Waals surface area contributed by atoms with Crippen molar-refractivity contribution in [3.05, 3.63) is 52.8 Å². The van der Waals surface area contributed by atoms with Gasteiger partial charge in [-0.25, -0.2) is 0 Å². The van der Waals surface area contributed by atoms with Gasteiger partial charge in [0.25, 0.3) is 5.91 Å². The number of carbonyl (C=O) groups excluding carboxylic acids is 1. The minimum Gasteiger partial charge on any atom is -0.391 e. The first kappa shape index (κ1) is 16.7. The van der Waals surface area contributed by atoms with E-state index in [0.29, 0.717) is 12.1 Å². The molecule has 1 aliphatic rings. The van der Waals surface area contributed by atoms with Crippen LogP contribution in [0.4, 0.5) is 0 Å². The lowest BCUT2D eigenvalue weighted by molar-refractivity contribution is 0.0717. The average molecular weight is 327 g/mol. The Morgan fingerprint density at radius 3 is 2.79 bits per heavy atom. The van der Waals surface area contributed by atoms with Crippen molar-refractivity contribution in [3.63, 3.8) is 0 Å². The lowest BCUT2D eigenvalue weighted by Crippen LogP contribution is -2.45. The number of aromatic nitrogens is 2. The molecule has 0 bridgehead atoms. The highest BCUT2D eigenvalue weighted by atomic mass is 16.3. The summed E-state index contributed by atoms with van der Waals surface area (Å²) in [4.78, 5) is 12.5. The van der Waals surface area contributed by atoms with Crippen LogP contribution < -0.4 is 5.32 Å². The molecular formula is C19H25N3O2. The number of rotatable bonds is 4. The largest absolute Gasteiger partial charge is 0.391 e. The fraction of sp³-hybridized carbons (Fsp3) is 0.474. The molecule has 5 nitrogen and oxygen atoms in total. The van der Waals surface area contributed by atoms with Crippen molar-refractivity contribution in [2.75, 3.05) is 0 Å². The van der Waals surface area contributed by atoms with E-state index in [1.165, 1.54) is 0 Å². The number of nitrogens with one attached hydrogen (secondary N) is 1. The van der Waals surface area contributed by atoms with Gasteiger partial charge in [0.2, 0.25) is 0 Å². The number of hydrogen-bond donors (Lipinski definition) is 2. The van der Waals surface area contributed by atoms with E-state index >= 15 is 0 Å². The van der Waals surface area contributed by atoms with Crippen LogP contribution >= 0.6 is 0 Å². The van der Waals surface area contributed by atoms with Crippen LogP contribution in [0.2, 0.25) is 0 Å². The average Bonchev–Trinajstić information content (AvgIpc) is 2.87. The third kappa shape index (κ3) is 3.85. The zero-order chi connectivity index (χ0) is 17.1. The third-order valence-electron chi connectivity index (χ3n) is 4.67. The molecule has 0 radical (unpaired) electrons. The van der Waals surface area contributed by atoms with Crippen molar-refractivity contribution in [3.8, 4) is 0 Å². The zero-order valence-corrected chi connectivity index (χ0v) is 14.3. The molecule has 128 valence electrons. The van der Waals surface area contributed by atoms with Crippen molar-refractivity contribution < 1.29 is 9.90 Å². The van der Waals surface area contributed by atoms with Crippen LogP contribution in [0.25, 0.3) is 0 Å². The summed E-state index contributed by atoms with van der Waals surface area (Å²) in [6, 6.07) is 9.53. The fourth-order valence-corrected chi connectivity index (χ4v) is 3.35. The molecule has 0 saturated heterocycles. The maximum Gasteiger partial charge on any atom is 0.251 e. The SMILES string of the molecule is Cc1cc(C)n(Cc2cccc(C(=O)NC3CCCCC3O)c2)n1. The Morgan fingerprint density at radius 2 is 2.08 bits per heavy atom. The quantitative estimate of drug-likeness (QED) is 0.907. The second-order valence-corrected chi connectivity index (χ2v) is 6.72. The molecule has 2 atom stereocenters. The first-order chi connectivity index (χ1) is 11.5. The van der Waals surface area contributed by atoms with Gasteiger partial charge in [-0.1, -0.05) is 25.0 Å². The minimum atomic E-state index is -0.430. The number of aliphatic hydroxyl groups excluding tert-OH is 1. The smallest absolute Gasteiger partial charge is 0.251 e. The molecule has 1 amide bonds. The van der Waals surface area contributed by atoms with E-state index in [1.54, 1.807) is 0 Å². The normalized spacial score (nSPS) is 20.8. The van der Waals surface area contributed by atoms with Crippen molar-refractivity contribution >= 4 is 5.91 Å². The lowest BCUT2D eigenvalue weighted by atomic mass is 9.92. The van der Waals surface area contributed by atoms with E-state index in [-0.39, 0.29) is 11.9 Å². The molecule has 2 unspecified atom stereocenters. The maximum absolute atomic E-state index is 12.5. The van der Waals surface area contributed by atoms with E-state index in [9.17, 15) is 9.90 Å². The molecule has 1 fully saturated rings. The van der Waals surface area contributed by atoms with E-state index in [2.05, 4.69) is 10.4 Å². The van der Waals surface area contributed by atoms with Gasteiger partial charge < -0.3 is 10.4 Å². The van der Waals surface area contributed by atoms with Crippen LogP contribution in [0.3, 0.4) is 0 Å². The van der Waals surface area contributed by atoms with E-state index in [0.717, 1.165) is 42.6 Å². The molecular weight excluding hydrogens is 302 g/mol. The summed E-state index contributed by atoms with van der Waals surface area (Å²) in [7, 11) is 0. The predicted molar refractivity (Wildman–Crippen MR) is 93.0 cm³/mol. The second-order valence-electron chi connectivity index (χ2n) is 6.72. The Labute approximate surface area is 142 Å². The minimum absolute atomic E-state index is 0.115. The Balaban J connectivity index is 1.70.